The average molecular weight is 514 g/mol. The van der Waals surface area contributed by atoms with Gasteiger partial charge in [-0.15, -0.1) is 0 Å². The van der Waals surface area contributed by atoms with Crippen LogP contribution in [0, 0.1) is 11.2 Å². The molecule has 0 saturated heterocycles. The lowest BCUT2D eigenvalue weighted by Gasteiger charge is -2.37. The first-order chi connectivity index (χ1) is 17.4. The minimum absolute atomic E-state index is 0.0291. The molecule has 1 aliphatic rings. The first-order valence-corrected chi connectivity index (χ1v) is 11.9. The van der Waals surface area contributed by atoms with Crippen LogP contribution in [0.1, 0.15) is 77.7 Å². The fourth-order valence-electron chi connectivity index (χ4n) is 5.05. The number of pyridine rings is 1. The van der Waals surface area contributed by atoms with Gasteiger partial charge in [0, 0.05) is 29.8 Å². The summed E-state index contributed by atoms with van der Waals surface area (Å²) in [7, 11) is 1.47. The normalized spacial score (nSPS) is 17.7. The number of nitrogens with zero attached hydrogens (tertiary/aromatic N) is 1. The van der Waals surface area contributed by atoms with Gasteiger partial charge in [-0.05, 0) is 60.6 Å². The summed E-state index contributed by atoms with van der Waals surface area (Å²) in [4.78, 5) is 31.1. The lowest BCUT2D eigenvalue weighted by atomic mass is 9.68. The Morgan fingerprint density at radius 2 is 1.73 bits per heavy atom. The van der Waals surface area contributed by atoms with Crippen LogP contribution in [0.4, 0.5) is 17.6 Å². The lowest BCUT2D eigenvalue weighted by Crippen LogP contribution is -2.30. The Bertz CT molecular complexity index is 1330. The van der Waals surface area contributed by atoms with Gasteiger partial charge in [-0.2, -0.15) is 13.2 Å². The highest BCUT2D eigenvalue weighted by Gasteiger charge is 2.39. The topological polar surface area (TPSA) is 56.3 Å². The monoisotopic (exact) mass is 513 g/mol. The van der Waals surface area contributed by atoms with Gasteiger partial charge in [0.05, 0.1) is 22.9 Å². The Labute approximate surface area is 212 Å². The predicted molar refractivity (Wildman–Crippen MR) is 131 cm³/mol. The third-order valence-electron chi connectivity index (χ3n) is 6.87. The molecule has 4 rings (SSSR count). The highest BCUT2D eigenvalue weighted by molar-refractivity contribution is 6.14. The summed E-state index contributed by atoms with van der Waals surface area (Å²) in [5, 5.41) is 0. The molecular formula is C29H27F4NO3. The van der Waals surface area contributed by atoms with Gasteiger partial charge in [-0.3, -0.25) is 9.78 Å². The van der Waals surface area contributed by atoms with Gasteiger partial charge in [0.15, 0.2) is 5.78 Å². The number of carbonyl (C=O) groups excluding carboxylic acids is 2. The van der Waals surface area contributed by atoms with Gasteiger partial charge >= 0.3 is 6.18 Å². The number of benzene rings is 2. The van der Waals surface area contributed by atoms with Gasteiger partial charge < -0.3 is 9.53 Å². The van der Waals surface area contributed by atoms with E-state index in [1.54, 1.807) is 6.92 Å². The van der Waals surface area contributed by atoms with Gasteiger partial charge in [-0.1, -0.05) is 38.1 Å². The number of ether oxygens (including phenoxy) is 1. The zero-order valence-corrected chi connectivity index (χ0v) is 20.9. The molecular weight excluding hydrogens is 486 g/mol. The van der Waals surface area contributed by atoms with Crippen LogP contribution in [0.3, 0.4) is 0 Å². The molecule has 2 aromatic carbocycles. The summed E-state index contributed by atoms with van der Waals surface area (Å²) >= 11 is 0. The molecule has 0 bridgehead atoms. The number of ketones is 1. The fourth-order valence-corrected chi connectivity index (χ4v) is 5.05. The molecule has 2 atom stereocenters. The fraction of sp³-hybridized carbons (Fsp3) is 0.345. The van der Waals surface area contributed by atoms with Gasteiger partial charge in [0.1, 0.15) is 12.1 Å². The first kappa shape index (κ1) is 26.7. The van der Waals surface area contributed by atoms with Crippen LogP contribution < -0.4 is 0 Å². The summed E-state index contributed by atoms with van der Waals surface area (Å²) in [6.45, 7) is 5.79. The Morgan fingerprint density at radius 1 is 1.11 bits per heavy atom. The third kappa shape index (κ3) is 5.21. The second kappa shape index (κ2) is 9.82. The van der Waals surface area contributed by atoms with Gasteiger partial charge in [0.25, 0.3) is 0 Å². The summed E-state index contributed by atoms with van der Waals surface area (Å²) in [5.74, 6) is -1.60. The number of hydrogen-bond acceptors (Lipinski definition) is 4. The van der Waals surface area contributed by atoms with Crippen LogP contribution >= 0.6 is 0 Å². The van der Waals surface area contributed by atoms with Crippen molar-refractivity contribution in [3.05, 3.63) is 88.0 Å². The Morgan fingerprint density at radius 3 is 2.27 bits per heavy atom. The number of carbonyl (C=O) groups is 2. The van der Waals surface area contributed by atoms with Crippen molar-refractivity contribution >= 4 is 12.1 Å². The molecule has 0 aliphatic heterocycles. The summed E-state index contributed by atoms with van der Waals surface area (Å²) in [6.07, 6.45) is -3.29. The second-order valence-electron chi connectivity index (χ2n) is 10.2. The number of hydrogen-bond donors (Lipinski definition) is 0. The van der Waals surface area contributed by atoms with Crippen LogP contribution in [0.15, 0.2) is 48.5 Å². The Balaban J connectivity index is 2.05. The molecule has 0 fully saturated rings. The lowest BCUT2D eigenvalue weighted by molar-refractivity contribution is -0.137. The molecule has 0 saturated carbocycles. The molecule has 3 aromatic rings. The number of rotatable bonds is 6. The van der Waals surface area contributed by atoms with Crippen molar-refractivity contribution < 1.29 is 31.9 Å². The molecule has 2 unspecified atom stereocenters. The first-order valence-electron chi connectivity index (χ1n) is 11.9. The van der Waals surface area contributed by atoms with Gasteiger partial charge in [-0.25, -0.2) is 4.39 Å². The highest BCUT2D eigenvalue weighted by atomic mass is 19.4. The number of alkyl halides is 3. The maximum absolute atomic E-state index is 14.0. The molecule has 0 N–H and O–H groups in total. The number of fused-ring (bicyclic) bond motifs is 1. The summed E-state index contributed by atoms with van der Waals surface area (Å²) in [5.41, 5.74) is 1.53. The zero-order chi connectivity index (χ0) is 27.1. The highest BCUT2D eigenvalue weighted by Crippen LogP contribution is 2.47. The molecule has 1 aromatic heterocycles. The van der Waals surface area contributed by atoms with E-state index in [-0.39, 0.29) is 16.5 Å². The van der Waals surface area contributed by atoms with E-state index in [1.807, 2.05) is 13.8 Å². The van der Waals surface area contributed by atoms with Crippen LogP contribution in [-0.2, 0) is 22.1 Å². The molecule has 0 radical (unpaired) electrons. The molecule has 0 spiro atoms. The standard InChI is InChI=1S/C29H27F4NO3/c1-16(37-4)26-25(27(36)18-5-9-20(10-6-18)29(31,32)33)24(17-7-11-21(30)12-8-17)23-19(15-35)13-28(2,3)14-22(23)34-26/h5-12,15-16,19H,13-14H2,1-4H3. The van der Waals surface area contributed by atoms with Crippen molar-refractivity contribution in [3.63, 3.8) is 0 Å². The van der Waals surface area contributed by atoms with E-state index >= 15 is 0 Å². The quantitative estimate of drug-likeness (QED) is 0.200. The van der Waals surface area contributed by atoms with Crippen LogP contribution in [-0.4, -0.2) is 24.2 Å². The van der Waals surface area contributed by atoms with Gasteiger partial charge in [0.2, 0.25) is 0 Å². The smallest absolute Gasteiger partial charge is 0.375 e. The van der Waals surface area contributed by atoms with E-state index in [9.17, 15) is 27.2 Å². The number of aldehydes is 1. The van der Waals surface area contributed by atoms with E-state index in [1.165, 1.54) is 31.4 Å². The maximum atomic E-state index is 14.0. The maximum Gasteiger partial charge on any atom is 0.416 e. The van der Waals surface area contributed by atoms with E-state index < -0.39 is 35.4 Å². The third-order valence-corrected chi connectivity index (χ3v) is 6.87. The van der Waals surface area contributed by atoms with Crippen molar-refractivity contribution in [2.45, 2.75) is 51.8 Å². The van der Waals surface area contributed by atoms with Crippen LogP contribution in [0.5, 0.6) is 0 Å². The minimum Gasteiger partial charge on any atom is -0.375 e. The molecule has 0 amide bonds. The Hall–Kier alpha value is -3.39. The van der Waals surface area contributed by atoms with Crippen molar-refractivity contribution in [3.8, 4) is 11.1 Å². The Kier molecular flexibility index (Phi) is 7.08. The zero-order valence-electron chi connectivity index (χ0n) is 20.9. The van der Waals surface area contributed by atoms with E-state index in [4.69, 9.17) is 9.72 Å². The molecule has 8 heteroatoms. The number of methoxy groups -OCH3 is 1. The predicted octanol–water partition coefficient (Wildman–Crippen LogP) is 7.10. The van der Waals surface area contributed by atoms with Crippen molar-refractivity contribution in [2.75, 3.05) is 7.11 Å². The van der Waals surface area contributed by atoms with Crippen molar-refractivity contribution in [2.24, 2.45) is 5.41 Å². The van der Waals surface area contributed by atoms with Crippen molar-refractivity contribution in [1.29, 1.82) is 0 Å². The van der Waals surface area contributed by atoms with E-state index in [2.05, 4.69) is 0 Å². The minimum atomic E-state index is -4.55. The van der Waals surface area contributed by atoms with Crippen molar-refractivity contribution in [1.82, 2.24) is 4.98 Å². The average Bonchev–Trinajstić information content (AvgIpc) is 2.85. The molecule has 4 nitrogen and oxygen atoms in total. The largest absolute Gasteiger partial charge is 0.416 e. The molecule has 1 heterocycles. The van der Waals surface area contributed by atoms with E-state index in [0.717, 1.165) is 30.6 Å². The summed E-state index contributed by atoms with van der Waals surface area (Å²) in [6, 6.07) is 9.53. The molecule has 1 aliphatic carbocycles. The molecule has 37 heavy (non-hydrogen) atoms. The number of halogens is 4. The van der Waals surface area contributed by atoms with Crippen LogP contribution in [0.25, 0.3) is 11.1 Å². The SMILES string of the molecule is COC(C)c1nc2c(c(-c3ccc(F)cc3)c1C(=O)c1ccc(C(F)(F)F)cc1)C(C=O)CC(C)(C)C2. The molecule has 194 valence electrons. The summed E-state index contributed by atoms with van der Waals surface area (Å²) < 4.78 is 58.8. The van der Waals surface area contributed by atoms with E-state index in [0.29, 0.717) is 40.9 Å². The second-order valence-corrected chi connectivity index (χ2v) is 10.2. The van der Waals surface area contributed by atoms with Crippen LogP contribution in [0.2, 0.25) is 0 Å². The number of aromatic nitrogens is 1.